The number of methoxy groups -OCH3 is 2. The molecule has 0 radical (unpaired) electrons. The predicted molar refractivity (Wildman–Crippen MR) is 109 cm³/mol. The number of carbonyl (C=O) groups is 1. The molecule has 0 unspecified atom stereocenters. The van der Waals surface area contributed by atoms with E-state index in [2.05, 4.69) is 10.1 Å². The normalized spacial score (nSPS) is 12.4. The zero-order valence-electron chi connectivity index (χ0n) is 17.0. The number of halogens is 4. The van der Waals surface area contributed by atoms with Crippen molar-refractivity contribution >= 4 is 29.0 Å². The van der Waals surface area contributed by atoms with Crippen LogP contribution in [0.25, 0.3) is 0 Å². The van der Waals surface area contributed by atoms with Crippen LogP contribution in [0.3, 0.4) is 0 Å². The van der Waals surface area contributed by atoms with Crippen molar-refractivity contribution in [1.82, 2.24) is 4.98 Å². The molecule has 0 amide bonds. The zero-order chi connectivity index (χ0) is 23.2. The number of aromatic nitrogens is 1. The van der Waals surface area contributed by atoms with E-state index in [0.29, 0.717) is 29.2 Å². The third kappa shape index (κ3) is 6.11. The molecule has 0 saturated heterocycles. The third-order valence-corrected chi connectivity index (χ3v) is 4.31. The zero-order valence-corrected chi connectivity index (χ0v) is 17.8. The molecule has 0 fully saturated rings. The molecule has 11 heteroatoms. The fourth-order valence-electron chi connectivity index (χ4n) is 2.37. The van der Waals surface area contributed by atoms with Gasteiger partial charge in [0, 0.05) is 24.5 Å². The van der Waals surface area contributed by atoms with Gasteiger partial charge in [-0.25, -0.2) is 9.78 Å². The summed E-state index contributed by atoms with van der Waals surface area (Å²) in [6.07, 6.45) is -2.71. The first kappa shape index (κ1) is 24.0. The number of esters is 1. The molecule has 7 nitrogen and oxygen atoms in total. The third-order valence-electron chi connectivity index (χ3n) is 4.04. The van der Waals surface area contributed by atoms with Crippen LogP contribution in [0.5, 0.6) is 5.88 Å². The number of alkyl halides is 3. The molecule has 1 aromatic heterocycles. The molecule has 166 valence electrons. The summed E-state index contributed by atoms with van der Waals surface area (Å²) in [4.78, 5) is 22.2. The number of oxime groups is 1. The molecule has 0 bridgehead atoms. The van der Waals surface area contributed by atoms with Gasteiger partial charge >= 0.3 is 12.1 Å². The summed E-state index contributed by atoms with van der Waals surface area (Å²) in [6.45, 7) is 1.63. The smallest absolute Gasteiger partial charge is 0.417 e. The number of ether oxygens (including phenoxy) is 2. The molecule has 0 spiro atoms. The van der Waals surface area contributed by atoms with Crippen molar-refractivity contribution in [2.24, 2.45) is 5.16 Å². The Bertz CT molecular complexity index is 1010. The van der Waals surface area contributed by atoms with Gasteiger partial charge < -0.3 is 19.2 Å². The van der Waals surface area contributed by atoms with E-state index in [0.717, 1.165) is 0 Å². The van der Waals surface area contributed by atoms with Crippen LogP contribution in [0.15, 0.2) is 53.6 Å². The Hall–Kier alpha value is -3.27. The van der Waals surface area contributed by atoms with Gasteiger partial charge in [0.15, 0.2) is 5.70 Å². The van der Waals surface area contributed by atoms with E-state index in [-0.39, 0.29) is 16.6 Å². The maximum Gasteiger partial charge on any atom is 0.417 e. The molecule has 0 atom stereocenters. The van der Waals surface area contributed by atoms with E-state index in [1.54, 1.807) is 43.1 Å². The lowest BCUT2D eigenvalue weighted by molar-refractivity contribution is -0.138. The number of pyridine rings is 1. The van der Waals surface area contributed by atoms with E-state index >= 15 is 0 Å². The summed E-state index contributed by atoms with van der Waals surface area (Å²) in [5.41, 5.74) is 0.796. The van der Waals surface area contributed by atoms with Gasteiger partial charge in [0.1, 0.15) is 11.3 Å². The monoisotopic (exact) mass is 457 g/mol. The molecule has 1 aromatic carbocycles. The Labute approximate surface area is 181 Å². The number of carbonyl (C=O) groups excluding carboxylic acids is 1. The van der Waals surface area contributed by atoms with Gasteiger partial charge in [-0.1, -0.05) is 28.9 Å². The first-order valence-corrected chi connectivity index (χ1v) is 9.06. The lowest BCUT2D eigenvalue weighted by Gasteiger charge is -2.21. The average Bonchev–Trinajstić information content (AvgIpc) is 2.74. The molecular formula is C20H19ClF3N3O4. The fourth-order valence-corrected chi connectivity index (χ4v) is 2.57. The quantitative estimate of drug-likeness (QED) is 0.198. The van der Waals surface area contributed by atoms with Crippen LogP contribution in [-0.2, 0) is 20.4 Å². The van der Waals surface area contributed by atoms with Gasteiger partial charge in [-0.2, -0.15) is 13.2 Å². The van der Waals surface area contributed by atoms with Crippen LogP contribution in [0.2, 0.25) is 5.02 Å². The molecule has 2 rings (SSSR count). The Kier molecular flexibility index (Phi) is 7.87. The molecule has 2 aromatic rings. The Balaban J connectivity index is 2.25. The van der Waals surface area contributed by atoms with Crippen molar-refractivity contribution in [1.29, 1.82) is 0 Å². The topological polar surface area (TPSA) is 73.2 Å². The highest BCUT2D eigenvalue weighted by molar-refractivity contribution is 6.31. The highest BCUT2D eigenvalue weighted by Gasteiger charge is 2.31. The highest BCUT2D eigenvalue weighted by atomic mass is 35.5. The molecule has 0 N–H and O–H groups in total. The molecule has 0 aliphatic heterocycles. The van der Waals surface area contributed by atoms with Crippen LogP contribution < -0.4 is 9.74 Å². The van der Waals surface area contributed by atoms with Crippen molar-refractivity contribution in [3.05, 3.63) is 64.6 Å². The molecule has 0 aliphatic rings. The average molecular weight is 458 g/mol. The van der Waals surface area contributed by atoms with Crippen LogP contribution >= 0.6 is 11.6 Å². The van der Waals surface area contributed by atoms with Crippen molar-refractivity contribution < 1.29 is 32.3 Å². The van der Waals surface area contributed by atoms with Gasteiger partial charge in [0.25, 0.3) is 5.88 Å². The van der Waals surface area contributed by atoms with Crippen molar-refractivity contribution in [2.75, 3.05) is 26.2 Å². The van der Waals surface area contributed by atoms with Crippen LogP contribution in [0.1, 0.15) is 18.1 Å². The number of likely N-dealkylation sites (N-methyl/N-ethyl adjacent to an activating group) is 1. The van der Waals surface area contributed by atoms with Crippen molar-refractivity contribution in [3.8, 4) is 5.88 Å². The first-order valence-electron chi connectivity index (χ1n) is 8.68. The van der Waals surface area contributed by atoms with Gasteiger partial charge in [0.2, 0.25) is 0 Å². The Morgan fingerprint density at radius 3 is 2.55 bits per heavy atom. The minimum Gasteiger partial charge on any atom is -0.502 e. The van der Waals surface area contributed by atoms with Crippen LogP contribution in [0, 0.1) is 0 Å². The van der Waals surface area contributed by atoms with Crippen molar-refractivity contribution in [3.63, 3.8) is 0 Å². The molecular weight excluding hydrogens is 439 g/mol. The second-order valence-corrected chi connectivity index (χ2v) is 6.52. The highest BCUT2D eigenvalue weighted by Crippen LogP contribution is 2.33. The summed E-state index contributed by atoms with van der Waals surface area (Å²) >= 11 is 5.81. The van der Waals surface area contributed by atoms with E-state index in [1.807, 2.05) is 0 Å². The number of nitrogens with zero attached hydrogens (tertiary/aromatic N) is 3. The Morgan fingerprint density at radius 2 is 1.97 bits per heavy atom. The van der Waals surface area contributed by atoms with E-state index in [4.69, 9.17) is 25.9 Å². The summed E-state index contributed by atoms with van der Waals surface area (Å²) in [7, 11) is 4.31. The van der Waals surface area contributed by atoms with Crippen LogP contribution in [0.4, 0.5) is 18.9 Å². The predicted octanol–water partition coefficient (Wildman–Crippen LogP) is 4.65. The van der Waals surface area contributed by atoms with Crippen molar-refractivity contribution in [2.45, 2.75) is 13.1 Å². The SMILES string of the molecule is CO/C=C(\C(=O)OC)N(C)c1cccc(/C(C)=N\Oc2ncc(C(F)(F)F)cc2Cl)c1. The second kappa shape index (κ2) is 10.2. The Morgan fingerprint density at radius 1 is 1.26 bits per heavy atom. The van der Waals surface area contributed by atoms with E-state index in [9.17, 15) is 18.0 Å². The van der Waals surface area contributed by atoms with E-state index in [1.165, 1.54) is 20.5 Å². The van der Waals surface area contributed by atoms with Crippen LogP contribution in [-0.4, -0.2) is 37.9 Å². The standard InChI is InChI=1S/C20H19ClF3N3O4/c1-12(26-31-18-16(21)9-14(10-25-18)20(22,23)24)13-6-5-7-15(8-13)27(2)17(11-29-3)19(28)30-4/h5-11H,1-4H3/b17-11+,26-12-. The summed E-state index contributed by atoms with van der Waals surface area (Å²) in [5.74, 6) is -0.857. The molecule has 0 aliphatic carbocycles. The minimum absolute atomic E-state index is 0.161. The van der Waals surface area contributed by atoms with Gasteiger partial charge in [-0.15, -0.1) is 0 Å². The number of hydrogen-bond donors (Lipinski definition) is 0. The van der Waals surface area contributed by atoms with Gasteiger partial charge in [0.05, 0.1) is 25.5 Å². The number of hydrogen-bond acceptors (Lipinski definition) is 7. The lowest BCUT2D eigenvalue weighted by atomic mass is 10.1. The van der Waals surface area contributed by atoms with Gasteiger partial charge in [-0.3, -0.25) is 0 Å². The number of benzene rings is 1. The fraction of sp³-hybridized carbons (Fsp3) is 0.250. The molecule has 31 heavy (non-hydrogen) atoms. The number of anilines is 1. The maximum absolute atomic E-state index is 12.7. The maximum atomic E-state index is 12.7. The minimum atomic E-state index is -4.57. The van der Waals surface area contributed by atoms with E-state index < -0.39 is 17.7 Å². The largest absolute Gasteiger partial charge is 0.502 e. The molecule has 0 saturated carbocycles. The first-order chi connectivity index (χ1) is 14.6. The summed E-state index contributed by atoms with van der Waals surface area (Å²) < 4.78 is 47.8. The van der Waals surface area contributed by atoms with Gasteiger partial charge in [-0.05, 0) is 25.1 Å². The summed E-state index contributed by atoms with van der Waals surface area (Å²) in [6, 6.07) is 7.64. The summed E-state index contributed by atoms with van der Waals surface area (Å²) in [5, 5.41) is 3.56. The second-order valence-electron chi connectivity index (χ2n) is 6.12. The molecule has 1 heterocycles. The lowest BCUT2D eigenvalue weighted by Crippen LogP contribution is -2.24. The number of rotatable bonds is 7.